The molecule has 18 heavy (non-hydrogen) atoms. The molecular formula is C11H16F2N4O. The van der Waals surface area contributed by atoms with Crippen LogP contribution in [-0.2, 0) is 11.2 Å². The molecule has 7 heteroatoms. The van der Waals surface area contributed by atoms with Crippen molar-refractivity contribution in [1.29, 1.82) is 0 Å². The van der Waals surface area contributed by atoms with Crippen LogP contribution in [0, 0.1) is 0 Å². The van der Waals surface area contributed by atoms with Crippen LogP contribution in [0.15, 0.2) is 6.33 Å². The largest absolute Gasteiger partial charge is 0.353 e. The van der Waals surface area contributed by atoms with Gasteiger partial charge in [0.1, 0.15) is 12.2 Å². The highest BCUT2D eigenvalue weighted by Gasteiger charge is 2.35. The average Bonchev–Trinajstić information content (AvgIpc) is 2.82. The number of aromatic nitrogens is 3. The lowest BCUT2D eigenvalue weighted by atomic mass is 9.92. The van der Waals surface area contributed by atoms with Crippen molar-refractivity contribution in [3.8, 4) is 0 Å². The summed E-state index contributed by atoms with van der Waals surface area (Å²) < 4.78 is 25.8. The van der Waals surface area contributed by atoms with E-state index in [4.69, 9.17) is 0 Å². The Morgan fingerprint density at radius 3 is 2.83 bits per heavy atom. The summed E-state index contributed by atoms with van der Waals surface area (Å²) in [7, 11) is 0. The second-order valence-electron chi connectivity index (χ2n) is 4.63. The van der Waals surface area contributed by atoms with E-state index in [1.54, 1.807) is 0 Å². The predicted molar refractivity (Wildman–Crippen MR) is 60.0 cm³/mol. The predicted octanol–water partition coefficient (Wildman–Crippen LogP) is 1.43. The summed E-state index contributed by atoms with van der Waals surface area (Å²) >= 11 is 0. The van der Waals surface area contributed by atoms with Crippen molar-refractivity contribution in [2.75, 3.05) is 0 Å². The molecule has 0 bridgehead atoms. The van der Waals surface area contributed by atoms with E-state index in [0.717, 1.165) is 0 Å². The molecule has 0 aromatic carbocycles. The summed E-state index contributed by atoms with van der Waals surface area (Å²) in [6, 6.07) is -0.119. The van der Waals surface area contributed by atoms with Crippen LogP contribution in [0.1, 0.15) is 37.9 Å². The first kappa shape index (κ1) is 12.9. The van der Waals surface area contributed by atoms with Crippen LogP contribution in [-0.4, -0.2) is 33.1 Å². The van der Waals surface area contributed by atoms with E-state index in [1.807, 2.05) is 0 Å². The minimum atomic E-state index is -2.55. The fraction of sp³-hybridized carbons (Fsp3) is 0.727. The van der Waals surface area contributed by atoms with Crippen LogP contribution in [0.3, 0.4) is 0 Å². The van der Waals surface area contributed by atoms with Crippen molar-refractivity contribution >= 4 is 5.91 Å². The van der Waals surface area contributed by atoms with Crippen LogP contribution in [0.4, 0.5) is 8.78 Å². The zero-order valence-electron chi connectivity index (χ0n) is 9.96. The standard InChI is InChI=1S/C11H16F2N4O/c12-11(13)5-3-8(4-6-11)16-10(18)2-1-9-14-7-15-17-9/h7-8H,1-6H2,(H,16,18)(H,14,15,17). The third-order valence-electron chi connectivity index (χ3n) is 3.14. The Hall–Kier alpha value is -1.53. The molecule has 2 rings (SSSR count). The van der Waals surface area contributed by atoms with Gasteiger partial charge in [-0.25, -0.2) is 13.8 Å². The van der Waals surface area contributed by atoms with Crippen molar-refractivity contribution < 1.29 is 13.6 Å². The normalized spacial score (nSPS) is 19.7. The smallest absolute Gasteiger partial charge is 0.248 e. The molecule has 5 nitrogen and oxygen atoms in total. The van der Waals surface area contributed by atoms with Crippen molar-refractivity contribution in [1.82, 2.24) is 20.5 Å². The molecule has 1 aliphatic carbocycles. The Balaban J connectivity index is 1.69. The number of rotatable bonds is 4. The van der Waals surface area contributed by atoms with Gasteiger partial charge in [0.15, 0.2) is 0 Å². The van der Waals surface area contributed by atoms with Gasteiger partial charge in [-0.1, -0.05) is 0 Å². The SMILES string of the molecule is O=C(CCc1ncn[nH]1)NC1CCC(F)(F)CC1. The molecule has 1 fully saturated rings. The first-order chi connectivity index (χ1) is 8.55. The van der Waals surface area contributed by atoms with Gasteiger partial charge in [-0.3, -0.25) is 9.89 Å². The minimum Gasteiger partial charge on any atom is -0.353 e. The molecule has 0 unspecified atom stereocenters. The maximum absolute atomic E-state index is 12.9. The fourth-order valence-electron chi connectivity index (χ4n) is 2.07. The Labute approximate surface area is 103 Å². The van der Waals surface area contributed by atoms with Crippen LogP contribution in [0.25, 0.3) is 0 Å². The molecule has 0 radical (unpaired) electrons. The summed E-state index contributed by atoms with van der Waals surface area (Å²) in [6.07, 6.45) is 2.58. The number of carbonyl (C=O) groups excluding carboxylic acids is 1. The maximum atomic E-state index is 12.9. The number of nitrogens with one attached hydrogen (secondary N) is 2. The fourth-order valence-corrected chi connectivity index (χ4v) is 2.07. The van der Waals surface area contributed by atoms with Gasteiger partial charge in [0.2, 0.25) is 11.8 Å². The van der Waals surface area contributed by atoms with Gasteiger partial charge in [-0.2, -0.15) is 5.10 Å². The van der Waals surface area contributed by atoms with Gasteiger partial charge in [0.05, 0.1) is 0 Å². The summed E-state index contributed by atoms with van der Waals surface area (Å²) in [4.78, 5) is 15.5. The Morgan fingerprint density at radius 1 is 1.50 bits per heavy atom. The number of nitrogens with zero attached hydrogens (tertiary/aromatic N) is 2. The average molecular weight is 258 g/mol. The third kappa shape index (κ3) is 3.75. The van der Waals surface area contributed by atoms with Gasteiger partial charge in [0.25, 0.3) is 0 Å². The molecule has 1 aliphatic rings. The molecule has 2 N–H and O–H groups in total. The topological polar surface area (TPSA) is 70.7 Å². The monoisotopic (exact) mass is 258 g/mol. The first-order valence-corrected chi connectivity index (χ1v) is 6.07. The molecule has 1 heterocycles. The number of amides is 1. The number of halogens is 2. The lowest BCUT2D eigenvalue weighted by Gasteiger charge is -2.28. The molecule has 1 aromatic heterocycles. The van der Waals surface area contributed by atoms with Gasteiger partial charge in [-0.15, -0.1) is 0 Å². The number of carbonyl (C=O) groups is 1. The highest BCUT2D eigenvalue weighted by atomic mass is 19.3. The molecule has 0 aliphatic heterocycles. The second-order valence-corrected chi connectivity index (χ2v) is 4.63. The van der Waals surface area contributed by atoms with Gasteiger partial charge in [-0.05, 0) is 12.8 Å². The van der Waals surface area contributed by atoms with Crippen molar-refractivity contribution in [3.63, 3.8) is 0 Å². The van der Waals surface area contributed by atoms with Crippen LogP contribution < -0.4 is 5.32 Å². The quantitative estimate of drug-likeness (QED) is 0.858. The van der Waals surface area contributed by atoms with Crippen molar-refractivity contribution in [3.05, 3.63) is 12.2 Å². The maximum Gasteiger partial charge on any atom is 0.248 e. The van der Waals surface area contributed by atoms with Crippen LogP contribution in [0.5, 0.6) is 0 Å². The lowest BCUT2D eigenvalue weighted by molar-refractivity contribution is -0.122. The van der Waals surface area contributed by atoms with Crippen LogP contribution in [0.2, 0.25) is 0 Å². The number of hydrogen-bond acceptors (Lipinski definition) is 3. The third-order valence-corrected chi connectivity index (χ3v) is 3.14. The van der Waals surface area contributed by atoms with Gasteiger partial charge >= 0.3 is 0 Å². The van der Waals surface area contributed by atoms with Gasteiger partial charge < -0.3 is 5.32 Å². The van der Waals surface area contributed by atoms with Crippen LogP contribution >= 0.6 is 0 Å². The molecule has 1 saturated carbocycles. The number of H-pyrrole nitrogens is 1. The summed E-state index contributed by atoms with van der Waals surface area (Å²) in [5, 5.41) is 9.13. The number of aromatic amines is 1. The molecule has 1 aromatic rings. The van der Waals surface area contributed by atoms with E-state index < -0.39 is 5.92 Å². The molecule has 100 valence electrons. The Bertz CT molecular complexity index is 384. The Morgan fingerprint density at radius 2 is 2.22 bits per heavy atom. The number of hydrogen-bond donors (Lipinski definition) is 2. The highest BCUT2D eigenvalue weighted by molar-refractivity contribution is 5.76. The molecule has 0 spiro atoms. The van der Waals surface area contributed by atoms with Crippen molar-refractivity contribution in [2.45, 2.75) is 50.5 Å². The zero-order valence-corrected chi connectivity index (χ0v) is 9.96. The van der Waals surface area contributed by atoms with E-state index in [1.165, 1.54) is 6.33 Å². The second kappa shape index (κ2) is 5.41. The molecule has 0 saturated heterocycles. The van der Waals surface area contributed by atoms with Crippen molar-refractivity contribution in [2.24, 2.45) is 0 Å². The lowest BCUT2D eigenvalue weighted by Crippen LogP contribution is -2.40. The summed E-state index contributed by atoms with van der Waals surface area (Å²) in [5.74, 6) is -2.02. The molecule has 0 atom stereocenters. The van der Waals surface area contributed by atoms with E-state index in [0.29, 0.717) is 31.5 Å². The van der Waals surface area contributed by atoms with Gasteiger partial charge in [0, 0.05) is 31.7 Å². The minimum absolute atomic E-state index is 0.119. The Kier molecular flexibility index (Phi) is 3.88. The molecule has 1 amide bonds. The van der Waals surface area contributed by atoms with E-state index in [9.17, 15) is 13.6 Å². The van der Waals surface area contributed by atoms with E-state index in [-0.39, 0.29) is 24.8 Å². The number of aryl methyl sites for hydroxylation is 1. The van der Waals surface area contributed by atoms with E-state index in [2.05, 4.69) is 20.5 Å². The first-order valence-electron chi connectivity index (χ1n) is 6.07. The summed E-state index contributed by atoms with van der Waals surface area (Å²) in [5.41, 5.74) is 0. The van der Waals surface area contributed by atoms with E-state index >= 15 is 0 Å². The highest BCUT2D eigenvalue weighted by Crippen LogP contribution is 2.32. The summed E-state index contributed by atoms with van der Waals surface area (Å²) in [6.45, 7) is 0. The number of alkyl halides is 2. The molecular weight excluding hydrogens is 242 g/mol. The zero-order chi connectivity index (χ0) is 13.0.